The second-order valence-electron chi connectivity index (χ2n) is 2.92. The van der Waals surface area contributed by atoms with Crippen molar-refractivity contribution in [2.45, 2.75) is 20.3 Å². The molecule has 0 aromatic rings. The zero-order valence-electron chi connectivity index (χ0n) is 7.09. The van der Waals surface area contributed by atoms with Crippen molar-refractivity contribution in [3.05, 3.63) is 11.6 Å². The quantitative estimate of drug-likeness (QED) is 0.616. The van der Waals surface area contributed by atoms with Gasteiger partial charge in [0.1, 0.15) is 0 Å². The van der Waals surface area contributed by atoms with E-state index < -0.39 is 0 Å². The average molecular weight is 154 g/mol. The largest absolute Gasteiger partial charge is 0.373 e. The van der Waals surface area contributed by atoms with Crippen LogP contribution in [0, 0.1) is 5.92 Å². The highest BCUT2D eigenvalue weighted by atomic mass is 16.5. The van der Waals surface area contributed by atoms with Gasteiger partial charge in [-0.15, -0.1) is 0 Å². The van der Waals surface area contributed by atoms with Crippen molar-refractivity contribution in [1.29, 1.82) is 0 Å². The van der Waals surface area contributed by atoms with Crippen LogP contribution >= 0.6 is 0 Å². The molecule has 11 heavy (non-hydrogen) atoms. The second kappa shape index (κ2) is 3.67. The monoisotopic (exact) mass is 154 g/mol. The molecule has 0 aromatic carbocycles. The fourth-order valence-corrected chi connectivity index (χ4v) is 1.06. The number of Topliss-reactive ketones (excluding diaryl/α,β-unsaturated/α-hetero) is 1. The molecule has 0 saturated carbocycles. The zero-order valence-corrected chi connectivity index (χ0v) is 7.09. The molecule has 1 aliphatic heterocycles. The fourth-order valence-electron chi connectivity index (χ4n) is 1.06. The van der Waals surface area contributed by atoms with Gasteiger partial charge in [-0.2, -0.15) is 0 Å². The van der Waals surface area contributed by atoms with Crippen molar-refractivity contribution in [3.8, 4) is 0 Å². The summed E-state index contributed by atoms with van der Waals surface area (Å²) in [4.78, 5) is 11.4. The van der Waals surface area contributed by atoms with Crippen LogP contribution in [0.25, 0.3) is 0 Å². The third kappa shape index (κ3) is 1.90. The van der Waals surface area contributed by atoms with Gasteiger partial charge in [-0.25, -0.2) is 0 Å². The van der Waals surface area contributed by atoms with Crippen molar-refractivity contribution in [2.75, 3.05) is 13.2 Å². The molecule has 1 rings (SSSR count). The van der Waals surface area contributed by atoms with Crippen molar-refractivity contribution in [2.24, 2.45) is 5.92 Å². The third-order valence-corrected chi connectivity index (χ3v) is 2.08. The van der Waals surface area contributed by atoms with Crippen LogP contribution < -0.4 is 0 Å². The first kappa shape index (κ1) is 8.47. The smallest absolute Gasteiger partial charge is 0.163 e. The van der Waals surface area contributed by atoms with Gasteiger partial charge in [-0.3, -0.25) is 4.79 Å². The first-order valence-corrected chi connectivity index (χ1v) is 4.06. The minimum atomic E-state index is 0.156. The Kier molecular flexibility index (Phi) is 2.83. The Bertz CT molecular complexity index is 182. The van der Waals surface area contributed by atoms with E-state index in [1.807, 2.05) is 19.9 Å². The number of carbonyl (C=O) groups is 1. The normalized spacial score (nSPS) is 19.6. The van der Waals surface area contributed by atoms with Crippen LogP contribution in [0.1, 0.15) is 20.3 Å². The molecule has 0 saturated heterocycles. The van der Waals surface area contributed by atoms with E-state index in [0.717, 1.165) is 12.0 Å². The molecule has 0 N–H and O–H groups in total. The molecule has 0 fully saturated rings. The maximum absolute atomic E-state index is 11.4. The Labute approximate surface area is 67.2 Å². The molecule has 0 amide bonds. The predicted octanol–water partition coefficient (Wildman–Crippen LogP) is 1.56. The van der Waals surface area contributed by atoms with E-state index in [0.29, 0.717) is 13.2 Å². The topological polar surface area (TPSA) is 26.3 Å². The number of hydrogen-bond donors (Lipinski definition) is 0. The second-order valence-corrected chi connectivity index (χ2v) is 2.92. The highest BCUT2D eigenvalue weighted by Crippen LogP contribution is 2.13. The van der Waals surface area contributed by atoms with Gasteiger partial charge in [0.15, 0.2) is 5.78 Å². The first-order chi connectivity index (χ1) is 5.25. The van der Waals surface area contributed by atoms with E-state index in [4.69, 9.17) is 4.74 Å². The highest BCUT2D eigenvalue weighted by molar-refractivity contribution is 5.97. The summed E-state index contributed by atoms with van der Waals surface area (Å²) in [5.74, 6) is 0.410. The Morgan fingerprint density at radius 3 is 3.00 bits per heavy atom. The van der Waals surface area contributed by atoms with Gasteiger partial charge in [0.05, 0.1) is 13.2 Å². The van der Waals surface area contributed by atoms with Gasteiger partial charge in [0.2, 0.25) is 0 Å². The standard InChI is InChI=1S/C9H14O2/c1-3-7(2)9(10)8-4-5-11-6-8/h4,7H,3,5-6H2,1-2H3. The summed E-state index contributed by atoms with van der Waals surface area (Å²) in [5, 5.41) is 0. The Morgan fingerprint density at radius 2 is 2.55 bits per heavy atom. The van der Waals surface area contributed by atoms with Gasteiger partial charge >= 0.3 is 0 Å². The fraction of sp³-hybridized carbons (Fsp3) is 0.667. The Hall–Kier alpha value is -0.630. The lowest BCUT2D eigenvalue weighted by atomic mass is 9.98. The van der Waals surface area contributed by atoms with Gasteiger partial charge in [0, 0.05) is 11.5 Å². The number of carbonyl (C=O) groups excluding carboxylic acids is 1. The van der Waals surface area contributed by atoms with E-state index in [9.17, 15) is 4.79 Å². The summed E-state index contributed by atoms with van der Waals surface area (Å²) in [6, 6.07) is 0. The van der Waals surface area contributed by atoms with E-state index >= 15 is 0 Å². The van der Waals surface area contributed by atoms with Crippen LogP contribution in [0.5, 0.6) is 0 Å². The molecule has 2 nitrogen and oxygen atoms in total. The third-order valence-electron chi connectivity index (χ3n) is 2.08. The molecule has 1 heterocycles. The molecule has 0 radical (unpaired) electrons. The van der Waals surface area contributed by atoms with E-state index in [1.165, 1.54) is 0 Å². The van der Waals surface area contributed by atoms with Crippen LogP contribution in [0.2, 0.25) is 0 Å². The summed E-state index contributed by atoms with van der Waals surface area (Å²) in [7, 11) is 0. The lowest BCUT2D eigenvalue weighted by Crippen LogP contribution is -2.13. The van der Waals surface area contributed by atoms with E-state index in [2.05, 4.69) is 0 Å². The van der Waals surface area contributed by atoms with Crippen molar-refractivity contribution >= 4 is 5.78 Å². The summed E-state index contributed by atoms with van der Waals surface area (Å²) < 4.78 is 5.06. The Morgan fingerprint density at radius 1 is 1.82 bits per heavy atom. The molecule has 1 unspecified atom stereocenters. The van der Waals surface area contributed by atoms with Crippen molar-refractivity contribution in [1.82, 2.24) is 0 Å². The van der Waals surface area contributed by atoms with Crippen LogP contribution in [-0.2, 0) is 9.53 Å². The Balaban J connectivity index is 2.53. The van der Waals surface area contributed by atoms with Gasteiger partial charge in [-0.05, 0) is 12.5 Å². The van der Waals surface area contributed by atoms with Crippen LogP contribution in [-0.4, -0.2) is 19.0 Å². The van der Waals surface area contributed by atoms with Crippen molar-refractivity contribution in [3.63, 3.8) is 0 Å². The molecule has 62 valence electrons. The summed E-state index contributed by atoms with van der Waals surface area (Å²) in [6.45, 7) is 5.11. The predicted molar refractivity (Wildman–Crippen MR) is 43.4 cm³/mol. The van der Waals surface area contributed by atoms with Gasteiger partial charge < -0.3 is 4.74 Å². The van der Waals surface area contributed by atoms with Crippen LogP contribution in [0.3, 0.4) is 0 Å². The molecule has 1 atom stereocenters. The minimum absolute atomic E-state index is 0.156. The molecule has 0 spiro atoms. The first-order valence-electron chi connectivity index (χ1n) is 4.06. The lowest BCUT2D eigenvalue weighted by Gasteiger charge is -2.06. The SMILES string of the molecule is CCC(C)C(=O)C1=CCOC1. The zero-order chi connectivity index (χ0) is 8.27. The lowest BCUT2D eigenvalue weighted by molar-refractivity contribution is -0.119. The van der Waals surface area contributed by atoms with E-state index in [-0.39, 0.29) is 11.7 Å². The summed E-state index contributed by atoms with van der Waals surface area (Å²) in [5.41, 5.74) is 0.861. The summed E-state index contributed by atoms with van der Waals surface area (Å²) in [6.07, 6.45) is 2.80. The van der Waals surface area contributed by atoms with E-state index in [1.54, 1.807) is 0 Å². The van der Waals surface area contributed by atoms with Gasteiger partial charge in [0.25, 0.3) is 0 Å². The molecule has 1 aliphatic rings. The van der Waals surface area contributed by atoms with Crippen LogP contribution in [0.15, 0.2) is 11.6 Å². The maximum Gasteiger partial charge on any atom is 0.163 e. The average Bonchev–Trinajstić information content (AvgIpc) is 2.53. The van der Waals surface area contributed by atoms with Gasteiger partial charge in [-0.1, -0.05) is 13.8 Å². The summed E-state index contributed by atoms with van der Waals surface area (Å²) >= 11 is 0. The highest BCUT2D eigenvalue weighted by Gasteiger charge is 2.18. The number of ether oxygens (including phenoxy) is 1. The molecular weight excluding hydrogens is 140 g/mol. The molecule has 2 heteroatoms. The van der Waals surface area contributed by atoms with Crippen LogP contribution in [0.4, 0.5) is 0 Å². The molecule has 0 aromatic heterocycles. The van der Waals surface area contributed by atoms with Crippen molar-refractivity contribution < 1.29 is 9.53 Å². The minimum Gasteiger partial charge on any atom is -0.373 e. The number of rotatable bonds is 3. The molecule has 0 bridgehead atoms. The maximum atomic E-state index is 11.4. The molecular formula is C9H14O2. The molecule has 0 aliphatic carbocycles. The number of hydrogen-bond acceptors (Lipinski definition) is 2. The number of ketones is 1.